The van der Waals surface area contributed by atoms with Gasteiger partial charge in [0.1, 0.15) is 17.6 Å². The SMILES string of the molecule is Cc1cc(NC(=O)Cn2cnc3nc(N(C)Cc4ccccc4)sc3c2=O)ccc1Br. The lowest BCUT2D eigenvalue weighted by molar-refractivity contribution is -0.116. The summed E-state index contributed by atoms with van der Waals surface area (Å²) in [6, 6.07) is 15.6. The van der Waals surface area contributed by atoms with Gasteiger partial charge in [0.2, 0.25) is 5.91 Å². The Morgan fingerprint density at radius 3 is 2.74 bits per heavy atom. The van der Waals surface area contributed by atoms with E-state index in [9.17, 15) is 9.59 Å². The Labute approximate surface area is 191 Å². The number of benzene rings is 2. The van der Waals surface area contributed by atoms with E-state index in [4.69, 9.17) is 0 Å². The number of aryl methyl sites for hydroxylation is 1. The van der Waals surface area contributed by atoms with Crippen LogP contribution in [0.15, 0.2) is 64.1 Å². The van der Waals surface area contributed by atoms with Crippen molar-refractivity contribution in [2.24, 2.45) is 0 Å². The number of rotatable bonds is 6. The number of hydrogen-bond acceptors (Lipinski definition) is 6. The first-order valence-corrected chi connectivity index (χ1v) is 11.2. The summed E-state index contributed by atoms with van der Waals surface area (Å²) in [6.07, 6.45) is 1.37. The molecule has 7 nitrogen and oxygen atoms in total. The Hall–Kier alpha value is -3.04. The number of hydrogen-bond donors (Lipinski definition) is 1. The van der Waals surface area contributed by atoms with E-state index >= 15 is 0 Å². The molecule has 0 bridgehead atoms. The average Bonchev–Trinajstić information content (AvgIpc) is 3.19. The fraction of sp³-hybridized carbons (Fsp3) is 0.182. The molecule has 1 N–H and O–H groups in total. The molecule has 1 amide bonds. The maximum Gasteiger partial charge on any atom is 0.273 e. The topological polar surface area (TPSA) is 80.1 Å². The van der Waals surface area contributed by atoms with E-state index in [-0.39, 0.29) is 18.0 Å². The number of thiazole rings is 1. The van der Waals surface area contributed by atoms with Crippen LogP contribution in [0.25, 0.3) is 10.3 Å². The number of anilines is 2. The zero-order chi connectivity index (χ0) is 22.0. The largest absolute Gasteiger partial charge is 0.347 e. The molecule has 4 rings (SSSR count). The molecule has 2 aromatic carbocycles. The van der Waals surface area contributed by atoms with Crippen LogP contribution in [0.4, 0.5) is 10.8 Å². The molecule has 0 aliphatic heterocycles. The van der Waals surface area contributed by atoms with E-state index in [1.54, 1.807) is 6.07 Å². The molecule has 0 atom stereocenters. The smallest absolute Gasteiger partial charge is 0.273 e. The summed E-state index contributed by atoms with van der Waals surface area (Å²) in [7, 11) is 1.93. The first kappa shape index (κ1) is 21.2. The number of halogens is 1. The summed E-state index contributed by atoms with van der Waals surface area (Å²) in [5, 5.41) is 3.52. The first-order valence-electron chi connectivity index (χ1n) is 9.58. The summed E-state index contributed by atoms with van der Waals surface area (Å²) in [5.74, 6) is -0.295. The predicted molar refractivity (Wildman–Crippen MR) is 128 cm³/mol. The maximum atomic E-state index is 12.9. The molecule has 0 unspecified atom stereocenters. The fourth-order valence-corrected chi connectivity index (χ4v) is 4.29. The first-order chi connectivity index (χ1) is 14.9. The van der Waals surface area contributed by atoms with Crippen LogP contribution < -0.4 is 15.8 Å². The number of fused-ring (bicyclic) bond motifs is 1. The number of carbonyl (C=O) groups excluding carboxylic acids is 1. The molecule has 0 spiro atoms. The van der Waals surface area contributed by atoms with Crippen LogP contribution in [-0.4, -0.2) is 27.5 Å². The van der Waals surface area contributed by atoms with Crippen LogP contribution >= 0.6 is 27.3 Å². The molecule has 31 heavy (non-hydrogen) atoms. The number of nitrogens with one attached hydrogen (secondary N) is 1. The van der Waals surface area contributed by atoms with Crippen molar-refractivity contribution in [1.82, 2.24) is 14.5 Å². The Morgan fingerprint density at radius 2 is 2.00 bits per heavy atom. The lowest BCUT2D eigenvalue weighted by atomic mass is 10.2. The van der Waals surface area contributed by atoms with Crippen LogP contribution in [-0.2, 0) is 17.9 Å². The monoisotopic (exact) mass is 497 g/mol. The van der Waals surface area contributed by atoms with Gasteiger partial charge in [0.05, 0.1) is 0 Å². The zero-order valence-corrected chi connectivity index (χ0v) is 19.4. The van der Waals surface area contributed by atoms with Gasteiger partial charge in [-0.25, -0.2) is 4.98 Å². The number of carbonyl (C=O) groups is 1. The lowest BCUT2D eigenvalue weighted by Crippen LogP contribution is -2.27. The summed E-state index contributed by atoms with van der Waals surface area (Å²) < 4.78 is 2.71. The van der Waals surface area contributed by atoms with Crippen LogP contribution in [0, 0.1) is 6.92 Å². The van der Waals surface area contributed by atoms with Gasteiger partial charge in [-0.1, -0.05) is 57.6 Å². The molecule has 158 valence electrons. The van der Waals surface area contributed by atoms with E-state index in [1.807, 2.05) is 61.3 Å². The molecule has 0 saturated carbocycles. The highest BCUT2D eigenvalue weighted by molar-refractivity contribution is 9.10. The summed E-state index contributed by atoms with van der Waals surface area (Å²) in [5.41, 5.74) is 2.95. The van der Waals surface area contributed by atoms with Crippen LogP contribution in [0.5, 0.6) is 0 Å². The van der Waals surface area contributed by atoms with Gasteiger partial charge in [-0.15, -0.1) is 0 Å². The van der Waals surface area contributed by atoms with E-state index in [2.05, 4.69) is 31.2 Å². The highest BCUT2D eigenvalue weighted by atomic mass is 79.9. The van der Waals surface area contributed by atoms with E-state index < -0.39 is 0 Å². The van der Waals surface area contributed by atoms with E-state index in [1.165, 1.54) is 22.2 Å². The molecule has 2 aromatic heterocycles. The molecule has 0 aliphatic rings. The third kappa shape index (κ3) is 4.83. The van der Waals surface area contributed by atoms with Crippen molar-refractivity contribution >= 4 is 54.3 Å². The summed E-state index contributed by atoms with van der Waals surface area (Å²) >= 11 is 4.72. The normalized spacial score (nSPS) is 10.9. The Balaban J connectivity index is 1.51. The van der Waals surface area contributed by atoms with Gasteiger partial charge in [-0.05, 0) is 36.2 Å². The minimum Gasteiger partial charge on any atom is -0.347 e. The molecule has 0 aliphatic carbocycles. The number of nitrogens with zero attached hydrogens (tertiary/aromatic N) is 4. The van der Waals surface area contributed by atoms with Crippen LogP contribution in [0.2, 0.25) is 0 Å². The molecule has 0 saturated heterocycles. The highest BCUT2D eigenvalue weighted by Gasteiger charge is 2.15. The molecule has 0 fully saturated rings. The van der Waals surface area contributed by atoms with Crippen molar-refractivity contribution in [1.29, 1.82) is 0 Å². The summed E-state index contributed by atoms with van der Waals surface area (Å²) in [4.78, 5) is 36.1. The third-order valence-electron chi connectivity index (χ3n) is 4.72. The Bertz CT molecular complexity index is 1300. The van der Waals surface area contributed by atoms with Crippen molar-refractivity contribution in [3.63, 3.8) is 0 Å². The van der Waals surface area contributed by atoms with Gasteiger partial charge in [-0.3, -0.25) is 14.2 Å². The standard InChI is InChI=1S/C22H20BrN5O2S/c1-14-10-16(8-9-17(14)23)25-18(29)12-28-13-24-20-19(21(28)30)31-22(26-20)27(2)11-15-6-4-3-5-7-15/h3-10,13H,11-12H2,1-2H3,(H,25,29). The molecule has 2 heterocycles. The zero-order valence-electron chi connectivity index (χ0n) is 17.0. The van der Waals surface area contributed by atoms with Crippen molar-refractivity contribution < 1.29 is 4.79 Å². The molecule has 0 radical (unpaired) electrons. The maximum absolute atomic E-state index is 12.9. The average molecular weight is 498 g/mol. The summed E-state index contributed by atoms with van der Waals surface area (Å²) in [6.45, 7) is 2.49. The van der Waals surface area contributed by atoms with Gasteiger partial charge in [-0.2, -0.15) is 4.98 Å². The minimum atomic E-state index is -0.295. The molecular weight excluding hydrogens is 478 g/mol. The van der Waals surface area contributed by atoms with E-state index in [0.29, 0.717) is 27.7 Å². The van der Waals surface area contributed by atoms with Crippen LogP contribution in [0.3, 0.4) is 0 Å². The van der Waals surface area contributed by atoms with Gasteiger partial charge >= 0.3 is 0 Å². The predicted octanol–water partition coefficient (Wildman–Crippen LogP) is 4.20. The quantitative estimate of drug-likeness (QED) is 0.431. The van der Waals surface area contributed by atoms with Crippen LogP contribution in [0.1, 0.15) is 11.1 Å². The number of amides is 1. The molecular formula is C22H20BrN5O2S. The van der Waals surface area contributed by atoms with E-state index in [0.717, 1.165) is 15.6 Å². The van der Waals surface area contributed by atoms with Gasteiger partial charge in [0.15, 0.2) is 10.8 Å². The van der Waals surface area contributed by atoms with Gasteiger partial charge in [0.25, 0.3) is 5.56 Å². The van der Waals surface area contributed by atoms with Crippen molar-refractivity contribution in [2.75, 3.05) is 17.3 Å². The Morgan fingerprint density at radius 1 is 1.23 bits per heavy atom. The van der Waals surface area contributed by atoms with Gasteiger partial charge in [0, 0.05) is 23.8 Å². The fourth-order valence-electron chi connectivity index (χ4n) is 3.11. The van der Waals surface area contributed by atoms with Gasteiger partial charge < -0.3 is 10.2 Å². The second kappa shape index (κ2) is 8.99. The molecule has 4 aromatic rings. The minimum absolute atomic E-state index is 0.121. The Kier molecular flexibility index (Phi) is 6.15. The second-order valence-corrected chi connectivity index (χ2v) is 9.01. The third-order valence-corrected chi connectivity index (χ3v) is 6.75. The van der Waals surface area contributed by atoms with Crippen molar-refractivity contribution in [3.05, 3.63) is 80.8 Å². The highest BCUT2D eigenvalue weighted by Crippen LogP contribution is 2.25. The lowest BCUT2D eigenvalue weighted by Gasteiger charge is -2.15. The molecule has 9 heteroatoms. The van der Waals surface area contributed by atoms with Crippen molar-refractivity contribution in [3.8, 4) is 0 Å². The van der Waals surface area contributed by atoms with Crippen molar-refractivity contribution in [2.45, 2.75) is 20.0 Å². The second-order valence-electron chi connectivity index (χ2n) is 7.18. The number of aromatic nitrogens is 3.